The molecule has 5 nitrogen and oxygen atoms in total. The Kier molecular flexibility index (Phi) is 9.16. The number of hydrogen-bond acceptors (Lipinski definition) is 3. The molecule has 0 radical (unpaired) electrons. The van der Waals surface area contributed by atoms with Crippen LogP contribution >= 0.6 is 12.4 Å². The van der Waals surface area contributed by atoms with E-state index < -0.39 is 6.04 Å². The van der Waals surface area contributed by atoms with Crippen molar-refractivity contribution in [3.05, 3.63) is 35.4 Å². The lowest BCUT2D eigenvalue weighted by Gasteiger charge is -2.35. The third-order valence-electron chi connectivity index (χ3n) is 5.75. The summed E-state index contributed by atoms with van der Waals surface area (Å²) in [5, 5.41) is 9.36. The van der Waals surface area contributed by atoms with Crippen LogP contribution in [0.25, 0.3) is 0 Å². The standard InChI is InChI=1S/C23H37N3O2.ClH/c1-16(2)19(21(28)25-15-23(6)11-13-24-14-12-23)26-20(27)17-7-9-18(10-8-17)22(3,4)5;/h7-10,16,19,24H,11-15H2,1-6H3,(H,25,28)(H,26,27);1H. The molecular formula is C23H38ClN3O2. The van der Waals surface area contributed by atoms with Crippen molar-refractivity contribution in [2.45, 2.75) is 65.8 Å². The van der Waals surface area contributed by atoms with Gasteiger partial charge in [0.2, 0.25) is 5.91 Å². The molecule has 29 heavy (non-hydrogen) atoms. The lowest BCUT2D eigenvalue weighted by Crippen LogP contribution is -2.52. The molecule has 1 aliphatic heterocycles. The minimum Gasteiger partial charge on any atom is -0.354 e. The second-order valence-electron chi connectivity index (χ2n) is 9.80. The van der Waals surface area contributed by atoms with Gasteiger partial charge < -0.3 is 16.0 Å². The molecule has 164 valence electrons. The van der Waals surface area contributed by atoms with Crippen molar-refractivity contribution in [3.8, 4) is 0 Å². The van der Waals surface area contributed by atoms with Gasteiger partial charge in [-0.2, -0.15) is 0 Å². The summed E-state index contributed by atoms with van der Waals surface area (Å²) in [5.41, 5.74) is 1.92. The van der Waals surface area contributed by atoms with Crippen molar-refractivity contribution < 1.29 is 9.59 Å². The highest BCUT2D eigenvalue weighted by atomic mass is 35.5. The van der Waals surface area contributed by atoms with Crippen molar-refractivity contribution in [1.82, 2.24) is 16.0 Å². The zero-order valence-corrected chi connectivity index (χ0v) is 19.5. The summed E-state index contributed by atoms with van der Waals surface area (Å²) < 4.78 is 0. The Morgan fingerprint density at radius 2 is 1.66 bits per heavy atom. The Balaban J connectivity index is 0.00000420. The molecule has 1 atom stereocenters. The predicted molar refractivity (Wildman–Crippen MR) is 122 cm³/mol. The van der Waals surface area contributed by atoms with Gasteiger partial charge in [-0.25, -0.2) is 0 Å². The van der Waals surface area contributed by atoms with Crippen molar-refractivity contribution in [1.29, 1.82) is 0 Å². The minimum atomic E-state index is -0.542. The maximum atomic E-state index is 12.8. The molecule has 0 aliphatic carbocycles. The van der Waals surface area contributed by atoms with Gasteiger partial charge in [-0.3, -0.25) is 9.59 Å². The fourth-order valence-electron chi connectivity index (χ4n) is 3.50. The Bertz CT molecular complexity index is 674. The third-order valence-corrected chi connectivity index (χ3v) is 5.75. The second-order valence-corrected chi connectivity index (χ2v) is 9.80. The molecule has 2 amide bonds. The van der Waals surface area contributed by atoms with E-state index in [2.05, 4.69) is 43.6 Å². The summed E-state index contributed by atoms with van der Waals surface area (Å²) >= 11 is 0. The molecule has 3 N–H and O–H groups in total. The first kappa shape index (κ1) is 25.4. The number of piperidine rings is 1. The highest BCUT2D eigenvalue weighted by Gasteiger charge is 2.30. The summed E-state index contributed by atoms with van der Waals surface area (Å²) in [6.45, 7) is 15.2. The number of carbonyl (C=O) groups excluding carboxylic acids is 2. The average molecular weight is 424 g/mol. The first-order chi connectivity index (χ1) is 13.0. The van der Waals surface area contributed by atoms with E-state index in [4.69, 9.17) is 0 Å². The predicted octanol–water partition coefficient (Wildman–Crippen LogP) is 3.67. The largest absolute Gasteiger partial charge is 0.354 e. The van der Waals surface area contributed by atoms with Gasteiger partial charge >= 0.3 is 0 Å². The molecule has 6 heteroatoms. The van der Waals surface area contributed by atoms with Crippen LogP contribution in [0.3, 0.4) is 0 Å². The minimum absolute atomic E-state index is 0. The zero-order valence-electron chi connectivity index (χ0n) is 18.7. The van der Waals surface area contributed by atoms with Gasteiger partial charge in [-0.1, -0.05) is 53.7 Å². The Morgan fingerprint density at radius 1 is 1.10 bits per heavy atom. The van der Waals surface area contributed by atoms with E-state index in [0.717, 1.165) is 25.9 Å². The highest BCUT2D eigenvalue weighted by molar-refractivity contribution is 5.97. The fourth-order valence-corrected chi connectivity index (χ4v) is 3.50. The maximum Gasteiger partial charge on any atom is 0.251 e. The number of hydrogen-bond donors (Lipinski definition) is 3. The van der Waals surface area contributed by atoms with Crippen LogP contribution in [0.15, 0.2) is 24.3 Å². The summed E-state index contributed by atoms with van der Waals surface area (Å²) in [6.07, 6.45) is 2.10. The molecule has 1 unspecified atom stereocenters. The topological polar surface area (TPSA) is 70.2 Å². The molecule has 1 aliphatic rings. The van der Waals surface area contributed by atoms with Crippen LogP contribution in [0.5, 0.6) is 0 Å². The summed E-state index contributed by atoms with van der Waals surface area (Å²) in [6, 6.07) is 7.09. The molecule has 0 aromatic heterocycles. The van der Waals surface area contributed by atoms with Gasteiger partial charge in [0.05, 0.1) is 0 Å². The zero-order chi connectivity index (χ0) is 20.9. The molecule has 1 aromatic rings. The van der Waals surface area contributed by atoms with E-state index in [0.29, 0.717) is 12.1 Å². The summed E-state index contributed by atoms with van der Waals surface area (Å²) in [7, 11) is 0. The Hall–Kier alpha value is -1.59. The molecule has 1 fully saturated rings. The first-order valence-electron chi connectivity index (χ1n) is 10.4. The maximum absolute atomic E-state index is 12.8. The number of nitrogens with one attached hydrogen (secondary N) is 3. The quantitative estimate of drug-likeness (QED) is 0.653. The van der Waals surface area contributed by atoms with E-state index in [1.165, 1.54) is 5.56 Å². The fraction of sp³-hybridized carbons (Fsp3) is 0.652. The van der Waals surface area contributed by atoms with E-state index in [9.17, 15) is 9.59 Å². The molecule has 0 saturated carbocycles. The normalized spacial score (nSPS) is 17.2. The van der Waals surface area contributed by atoms with Crippen LogP contribution in [0.2, 0.25) is 0 Å². The van der Waals surface area contributed by atoms with Gasteiger partial charge in [0.25, 0.3) is 5.91 Å². The van der Waals surface area contributed by atoms with Crippen LogP contribution in [-0.4, -0.2) is 37.5 Å². The number of carbonyl (C=O) groups is 2. The van der Waals surface area contributed by atoms with Gasteiger partial charge in [0.1, 0.15) is 6.04 Å². The van der Waals surface area contributed by atoms with E-state index >= 15 is 0 Å². The van der Waals surface area contributed by atoms with Gasteiger partial charge in [0.15, 0.2) is 0 Å². The van der Waals surface area contributed by atoms with E-state index in [-0.39, 0.29) is 41.0 Å². The van der Waals surface area contributed by atoms with E-state index in [1.807, 2.05) is 38.1 Å². The average Bonchev–Trinajstić information content (AvgIpc) is 2.64. The van der Waals surface area contributed by atoms with Gasteiger partial charge in [0, 0.05) is 12.1 Å². The third kappa shape index (κ3) is 7.31. The smallest absolute Gasteiger partial charge is 0.251 e. The highest BCUT2D eigenvalue weighted by Crippen LogP contribution is 2.26. The first-order valence-corrected chi connectivity index (χ1v) is 10.4. The van der Waals surface area contributed by atoms with Crippen LogP contribution in [0.1, 0.15) is 70.3 Å². The van der Waals surface area contributed by atoms with Crippen molar-refractivity contribution in [2.75, 3.05) is 19.6 Å². The van der Waals surface area contributed by atoms with Crippen LogP contribution < -0.4 is 16.0 Å². The molecular weight excluding hydrogens is 386 g/mol. The van der Waals surface area contributed by atoms with Crippen molar-refractivity contribution >= 4 is 24.2 Å². The number of rotatable bonds is 6. The van der Waals surface area contributed by atoms with E-state index in [1.54, 1.807) is 0 Å². The number of benzene rings is 1. The SMILES string of the molecule is CC(C)C(NC(=O)c1ccc(C(C)(C)C)cc1)C(=O)NCC1(C)CCNCC1.Cl. The monoisotopic (exact) mass is 423 g/mol. The van der Waals surface area contributed by atoms with Gasteiger partial charge in [-0.15, -0.1) is 12.4 Å². The van der Waals surface area contributed by atoms with Crippen LogP contribution in [-0.2, 0) is 10.2 Å². The summed E-state index contributed by atoms with van der Waals surface area (Å²) in [5.74, 6) is -0.296. The molecule has 2 rings (SSSR count). The molecule has 1 saturated heterocycles. The van der Waals surface area contributed by atoms with Gasteiger partial charge in [-0.05, 0) is 60.4 Å². The molecule has 1 heterocycles. The number of amides is 2. The van der Waals surface area contributed by atoms with Crippen molar-refractivity contribution in [3.63, 3.8) is 0 Å². The molecule has 0 spiro atoms. The second kappa shape index (κ2) is 10.4. The molecule has 0 bridgehead atoms. The molecule has 1 aromatic carbocycles. The van der Waals surface area contributed by atoms with Crippen LogP contribution in [0.4, 0.5) is 0 Å². The summed E-state index contributed by atoms with van der Waals surface area (Å²) in [4.78, 5) is 25.5. The Morgan fingerprint density at radius 3 is 2.14 bits per heavy atom. The Labute approximate surface area is 182 Å². The van der Waals surface area contributed by atoms with Crippen LogP contribution in [0, 0.1) is 11.3 Å². The van der Waals surface area contributed by atoms with Crippen molar-refractivity contribution in [2.24, 2.45) is 11.3 Å². The lowest BCUT2D eigenvalue weighted by molar-refractivity contribution is -0.124. The lowest BCUT2D eigenvalue weighted by atomic mass is 9.81. The number of halogens is 1.